The Hall–Kier alpha value is -1.65. The molecule has 1 saturated heterocycles. The van der Waals surface area contributed by atoms with E-state index in [0.29, 0.717) is 5.92 Å². The molecular formula is C14H19N5. The first-order chi connectivity index (χ1) is 9.33. The summed E-state index contributed by atoms with van der Waals surface area (Å²) >= 11 is 0. The van der Waals surface area contributed by atoms with Gasteiger partial charge in [0.05, 0.1) is 0 Å². The highest BCUT2D eigenvalue weighted by Gasteiger charge is 2.30. The van der Waals surface area contributed by atoms with Crippen LogP contribution in [-0.4, -0.2) is 32.7 Å². The number of anilines is 1. The predicted octanol–water partition coefficient (Wildman–Crippen LogP) is 2.24. The highest BCUT2D eigenvalue weighted by molar-refractivity contribution is 5.64. The van der Waals surface area contributed by atoms with Crippen molar-refractivity contribution >= 4 is 11.5 Å². The molecule has 1 aliphatic heterocycles. The zero-order valence-electron chi connectivity index (χ0n) is 11.3. The zero-order chi connectivity index (χ0) is 12.8. The number of hydrogen-bond donors (Lipinski definition) is 0. The summed E-state index contributed by atoms with van der Waals surface area (Å²) in [5.74, 6) is 3.48. The molecule has 100 valence electrons. The van der Waals surface area contributed by atoms with Crippen molar-refractivity contribution in [3.63, 3.8) is 0 Å². The molecule has 0 bridgehead atoms. The van der Waals surface area contributed by atoms with E-state index in [-0.39, 0.29) is 0 Å². The van der Waals surface area contributed by atoms with Gasteiger partial charge in [0, 0.05) is 31.4 Å². The minimum Gasteiger partial charge on any atom is -0.353 e. The van der Waals surface area contributed by atoms with E-state index in [1.54, 1.807) is 0 Å². The van der Waals surface area contributed by atoms with Crippen molar-refractivity contribution in [2.24, 2.45) is 5.92 Å². The van der Waals surface area contributed by atoms with Gasteiger partial charge in [0.2, 0.25) is 5.65 Å². The molecule has 4 rings (SSSR count). The highest BCUT2D eigenvalue weighted by Crippen LogP contribution is 2.39. The van der Waals surface area contributed by atoms with E-state index in [2.05, 4.69) is 31.4 Å². The van der Waals surface area contributed by atoms with E-state index in [4.69, 9.17) is 0 Å². The quantitative estimate of drug-likeness (QED) is 0.827. The fourth-order valence-corrected chi connectivity index (χ4v) is 3.06. The van der Waals surface area contributed by atoms with E-state index in [1.807, 2.05) is 12.4 Å². The Morgan fingerprint density at radius 1 is 1.21 bits per heavy atom. The number of piperidine rings is 1. The first kappa shape index (κ1) is 11.2. The summed E-state index contributed by atoms with van der Waals surface area (Å²) < 4.78 is 2.14. The van der Waals surface area contributed by atoms with Gasteiger partial charge in [-0.2, -0.15) is 0 Å². The van der Waals surface area contributed by atoms with Crippen LogP contribution >= 0.6 is 0 Å². The zero-order valence-corrected chi connectivity index (χ0v) is 11.3. The van der Waals surface area contributed by atoms with Crippen LogP contribution in [0.5, 0.6) is 0 Å². The van der Waals surface area contributed by atoms with Gasteiger partial charge in [0.15, 0.2) is 5.82 Å². The summed E-state index contributed by atoms with van der Waals surface area (Å²) in [4.78, 5) is 6.93. The summed E-state index contributed by atoms with van der Waals surface area (Å²) in [5.41, 5.74) is 0.929. The van der Waals surface area contributed by atoms with Crippen molar-refractivity contribution in [3.8, 4) is 0 Å². The third kappa shape index (κ3) is 1.88. The van der Waals surface area contributed by atoms with Crippen LogP contribution in [0.1, 0.15) is 44.3 Å². The molecule has 1 aliphatic carbocycles. The normalized spacial score (nSPS) is 24.1. The van der Waals surface area contributed by atoms with Gasteiger partial charge in [0.25, 0.3) is 0 Å². The lowest BCUT2D eigenvalue weighted by Crippen LogP contribution is -2.35. The topological polar surface area (TPSA) is 46.3 Å². The summed E-state index contributed by atoms with van der Waals surface area (Å²) in [6.07, 6.45) is 8.95. The minimum atomic E-state index is 0.616. The predicted molar refractivity (Wildman–Crippen MR) is 73.4 cm³/mol. The van der Waals surface area contributed by atoms with Gasteiger partial charge in [-0.1, -0.05) is 6.92 Å². The molecule has 0 amide bonds. The van der Waals surface area contributed by atoms with Gasteiger partial charge in [-0.25, -0.2) is 4.98 Å². The monoisotopic (exact) mass is 257 g/mol. The lowest BCUT2D eigenvalue weighted by atomic mass is 10.0. The molecule has 5 heteroatoms. The van der Waals surface area contributed by atoms with Gasteiger partial charge in [-0.3, -0.25) is 4.40 Å². The molecule has 5 nitrogen and oxygen atoms in total. The number of nitrogens with zero attached hydrogens (tertiary/aromatic N) is 5. The van der Waals surface area contributed by atoms with Crippen molar-refractivity contribution in [3.05, 3.63) is 18.2 Å². The van der Waals surface area contributed by atoms with E-state index >= 15 is 0 Å². The van der Waals surface area contributed by atoms with E-state index < -0.39 is 0 Å². The molecule has 0 N–H and O–H groups in total. The maximum atomic E-state index is 4.56. The summed E-state index contributed by atoms with van der Waals surface area (Å²) in [7, 11) is 0. The standard InChI is InChI=1S/C14H19N5/c1-10-3-2-7-18(9-10)13-14-17-16-12(11-4-5-11)19(14)8-6-15-13/h6,8,10-11H,2-5,7,9H2,1H3. The third-order valence-corrected chi connectivity index (χ3v) is 4.23. The second kappa shape index (κ2) is 4.18. The van der Waals surface area contributed by atoms with E-state index in [1.165, 1.54) is 25.7 Å². The van der Waals surface area contributed by atoms with Crippen LogP contribution in [-0.2, 0) is 0 Å². The van der Waals surface area contributed by atoms with Gasteiger partial charge >= 0.3 is 0 Å². The lowest BCUT2D eigenvalue weighted by molar-refractivity contribution is 0.445. The Bertz CT molecular complexity index is 601. The smallest absolute Gasteiger partial charge is 0.203 e. The van der Waals surface area contributed by atoms with E-state index in [9.17, 15) is 0 Å². The Morgan fingerprint density at radius 2 is 2.11 bits per heavy atom. The molecule has 1 unspecified atom stereocenters. The largest absolute Gasteiger partial charge is 0.353 e. The fourth-order valence-electron chi connectivity index (χ4n) is 3.06. The average molecular weight is 257 g/mol. The van der Waals surface area contributed by atoms with Crippen molar-refractivity contribution in [1.82, 2.24) is 19.6 Å². The highest BCUT2D eigenvalue weighted by atomic mass is 15.3. The molecule has 0 spiro atoms. The summed E-state index contributed by atoms with van der Waals surface area (Å²) in [6, 6.07) is 0. The molecule has 2 aliphatic rings. The van der Waals surface area contributed by atoms with Gasteiger partial charge in [0.1, 0.15) is 5.82 Å². The Balaban J connectivity index is 1.77. The van der Waals surface area contributed by atoms with Crippen molar-refractivity contribution in [2.75, 3.05) is 18.0 Å². The Kier molecular flexibility index (Phi) is 2.47. The SMILES string of the molecule is CC1CCCN(c2nccn3c(C4CC4)nnc23)C1. The van der Waals surface area contributed by atoms with Crippen molar-refractivity contribution < 1.29 is 0 Å². The molecule has 2 aromatic rings. The molecule has 1 atom stereocenters. The van der Waals surface area contributed by atoms with E-state index in [0.717, 1.165) is 36.3 Å². The molecule has 1 saturated carbocycles. The Morgan fingerprint density at radius 3 is 2.89 bits per heavy atom. The fraction of sp³-hybridized carbons (Fsp3) is 0.643. The molecule has 19 heavy (non-hydrogen) atoms. The van der Waals surface area contributed by atoms with Crippen LogP contribution in [0.25, 0.3) is 5.65 Å². The van der Waals surface area contributed by atoms with Crippen LogP contribution in [0.2, 0.25) is 0 Å². The molecular weight excluding hydrogens is 238 g/mol. The number of aromatic nitrogens is 4. The number of hydrogen-bond acceptors (Lipinski definition) is 4. The van der Waals surface area contributed by atoms with Gasteiger partial charge < -0.3 is 4.90 Å². The lowest BCUT2D eigenvalue weighted by Gasteiger charge is -2.31. The molecule has 2 aromatic heterocycles. The molecule has 0 aromatic carbocycles. The van der Waals surface area contributed by atoms with Crippen LogP contribution in [0.3, 0.4) is 0 Å². The van der Waals surface area contributed by atoms with Crippen LogP contribution in [0.4, 0.5) is 5.82 Å². The number of rotatable bonds is 2. The second-order valence-electron chi connectivity index (χ2n) is 5.97. The molecule has 0 radical (unpaired) electrons. The third-order valence-electron chi connectivity index (χ3n) is 4.23. The van der Waals surface area contributed by atoms with Crippen molar-refractivity contribution in [2.45, 2.75) is 38.5 Å². The van der Waals surface area contributed by atoms with Crippen LogP contribution < -0.4 is 4.90 Å². The van der Waals surface area contributed by atoms with Gasteiger partial charge in [-0.05, 0) is 31.6 Å². The van der Waals surface area contributed by atoms with Crippen LogP contribution in [0, 0.1) is 5.92 Å². The van der Waals surface area contributed by atoms with Crippen molar-refractivity contribution in [1.29, 1.82) is 0 Å². The first-order valence-electron chi connectivity index (χ1n) is 7.27. The summed E-state index contributed by atoms with van der Waals surface area (Å²) in [6.45, 7) is 4.48. The Labute approximate surface area is 112 Å². The first-order valence-corrected chi connectivity index (χ1v) is 7.27. The van der Waals surface area contributed by atoms with Gasteiger partial charge in [-0.15, -0.1) is 10.2 Å². The molecule has 3 heterocycles. The average Bonchev–Trinajstić information content (AvgIpc) is 3.18. The van der Waals surface area contributed by atoms with Crippen LogP contribution in [0.15, 0.2) is 12.4 Å². The minimum absolute atomic E-state index is 0.616. The summed E-state index contributed by atoms with van der Waals surface area (Å²) in [5, 5.41) is 8.77. The maximum Gasteiger partial charge on any atom is 0.203 e. The molecule has 2 fully saturated rings. The maximum absolute atomic E-state index is 4.56. The number of fused-ring (bicyclic) bond motifs is 1. The second-order valence-corrected chi connectivity index (χ2v) is 5.97.